The maximum Gasteiger partial charge on any atom is 0.282 e. The fourth-order valence-corrected chi connectivity index (χ4v) is 3.55. The smallest absolute Gasteiger partial charge is 0.282 e. The Bertz CT molecular complexity index is 689. The molecule has 0 saturated carbocycles. The zero-order valence-corrected chi connectivity index (χ0v) is 13.6. The van der Waals surface area contributed by atoms with Crippen molar-refractivity contribution in [1.82, 2.24) is 10.2 Å². The molecule has 116 valence electrons. The van der Waals surface area contributed by atoms with Crippen molar-refractivity contribution in [3.8, 4) is 0 Å². The number of thioether (sulfide) groups is 1. The highest BCUT2D eigenvalue weighted by atomic mass is 32.2. The second-order valence-electron chi connectivity index (χ2n) is 4.44. The van der Waals surface area contributed by atoms with Crippen LogP contribution in [0, 0.1) is 10.1 Å². The third kappa shape index (κ3) is 4.01. The summed E-state index contributed by atoms with van der Waals surface area (Å²) in [5.74, 6) is -0.566. The van der Waals surface area contributed by atoms with Crippen LogP contribution in [0.1, 0.15) is 30.6 Å². The van der Waals surface area contributed by atoms with Gasteiger partial charge in [-0.3, -0.25) is 20.2 Å². The van der Waals surface area contributed by atoms with Crippen LogP contribution >= 0.6 is 23.1 Å². The van der Waals surface area contributed by atoms with E-state index < -0.39 is 10.8 Å². The predicted molar refractivity (Wildman–Crippen MR) is 86.6 cm³/mol. The number of carbonyl (C=O) groups is 1. The summed E-state index contributed by atoms with van der Waals surface area (Å²) >= 11 is 2.83. The molecule has 1 N–H and O–H groups in total. The van der Waals surface area contributed by atoms with Gasteiger partial charge in [-0.1, -0.05) is 49.1 Å². The number of nitrogens with zero attached hydrogens (tertiary/aromatic N) is 3. The highest BCUT2D eigenvalue weighted by Gasteiger charge is 2.20. The molecule has 1 amide bonds. The fraction of sp³-hybridized carbons (Fsp3) is 0.308. The maximum atomic E-state index is 12.1. The second kappa shape index (κ2) is 7.32. The van der Waals surface area contributed by atoms with E-state index in [-0.39, 0.29) is 11.3 Å². The molecule has 2 aromatic rings. The summed E-state index contributed by atoms with van der Waals surface area (Å²) < 4.78 is 0.757. The van der Waals surface area contributed by atoms with E-state index in [1.807, 2.05) is 0 Å². The van der Waals surface area contributed by atoms with Gasteiger partial charge in [0.2, 0.25) is 5.13 Å². The Hall–Kier alpha value is -2.00. The number of hydrogen-bond donors (Lipinski definition) is 1. The maximum absolute atomic E-state index is 12.1. The first-order valence-electron chi connectivity index (χ1n) is 6.56. The Morgan fingerprint density at radius 2 is 2.18 bits per heavy atom. The summed E-state index contributed by atoms with van der Waals surface area (Å²) in [4.78, 5) is 22.5. The van der Waals surface area contributed by atoms with Crippen molar-refractivity contribution < 1.29 is 9.72 Å². The average Bonchev–Trinajstić information content (AvgIpc) is 2.93. The number of carbonyl (C=O) groups excluding carboxylic acids is 1. The number of amides is 1. The van der Waals surface area contributed by atoms with E-state index in [0.717, 1.165) is 10.8 Å². The van der Waals surface area contributed by atoms with Crippen LogP contribution in [-0.4, -0.2) is 26.3 Å². The van der Waals surface area contributed by atoms with Crippen molar-refractivity contribution in [2.45, 2.75) is 29.9 Å². The van der Waals surface area contributed by atoms with Gasteiger partial charge in [0.05, 0.1) is 4.92 Å². The van der Waals surface area contributed by atoms with Gasteiger partial charge in [-0.2, -0.15) is 0 Å². The Morgan fingerprint density at radius 1 is 1.45 bits per heavy atom. The lowest BCUT2D eigenvalue weighted by molar-refractivity contribution is -0.385. The van der Waals surface area contributed by atoms with Crippen LogP contribution in [0.4, 0.5) is 10.8 Å². The zero-order chi connectivity index (χ0) is 16.1. The molecule has 0 bridgehead atoms. The lowest BCUT2D eigenvalue weighted by Crippen LogP contribution is -2.13. The molecule has 0 aliphatic rings. The number of aromatic nitrogens is 2. The van der Waals surface area contributed by atoms with Gasteiger partial charge < -0.3 is 0 Å². The van der Waals surface area contributed by atoms with Crippen LogP contribution in [0.15, 0.2) is 28.6 Å². The highest BCUT2D eigenvalue weighted by Crippen LogP contribution is 2.30. The molecule has 9 heteroatoms. The summed E-state index contributed by atoms with van der Waals surface area (Å²) in [5.41, 5.74) is -0.238. The molecule has 0 saturated heterocycles. The first-order chi connectivity index (χ1) is 10.5. The van der Waals surface area contributed by atoms with Crippen molar-refractivity contribution in [3.05, 3.63) is 39.9 Å². The number of nitrogens with one attached hydrogen (secondary N) is 1. The van der Waals surface area contributed by atoms with E-state index in [1.165, 1.54) is 29.5 Å². The molecule has 0 fully saturated rings. The third-order valence-corrected chi connectivity index (χ3v) is 5.04. The van der Waals surface area contributed by atoms with E-state index in [9.17, 15) is 14.9 Å². The first-order valence-corrected chi connectivity index (χ1v) is 8.25. The Kier molecular flexibility index (Phi) is 5.45. The Balaban J connectivity index is 2.11. The van der Waals surface area contributed by atoms with Crippen LogP contribution < -0.4 is 5.32 Å². The molecule has 1 unspecified atom stereocenters. The van der Waals surface area contributed by atoms with Gasteiger partial charge in [-0.05, 0) is 12.5 Å². The predicted octanol–water partition coefficient (Wildman–Crippen LogP) is 3.59. The SMILES string of the molecule is CCC(C)Sc1nnc(NC(=O)c2ccccc2[N+](=O)[O-])s1. The number of rotatable bonds is 6. The number of anilines is 1. The summed E-state index contributed by atoms with van der Waals surface area (Å²) in [6.45, 7) is 4.16. The molecule has 2 rings (SSSR count). The fourth-order valence-electron chi connectivity index (χ4n) is 1.55. The molecule has 0 spiro atoms. The molecule has 1 aromatic carbocycles. The Morgan fingerprint density at radius 3 is 2.86 bits per heavy atom. The van der Waals surface area contributed by atoms with Crippen LogP contribution in [0.25, 0.3) is 0 Å². The minimum atomic E-state index is -0.584. The Labute approximate surface area is 135 Å². The number of para-hydroxylation sites is 1. The van der Waals surface area contributed by atoms with Gasteiger partial charge in [-0.15, -0.1) is 10.2 Å². The number of hydrogen-bond acceptors (Lipinski definition) is 7. The molecular formula is C13H14N4O3S2. The topological polar surface area (TPSA) is 98.0 Å². The molecule has 7 nitrogen and oxygen atoms in total. The average molecular weight is 338 g/mol. The van der Waals surface area contributed by atoms with Gasteiger partial charge in [0, 0.05) is 11.3 Å². The highest BCUT2D eigenvalue weighted by molar-refractivity contribution is 8.01. The van der Waals surface area contributed by atoms with E-state index in [4.69, 9.17) is 0 Å². The normalized spacial score (nSPS) is 11.9. The van der Waals surface area contributed by atoms with E-state index in [0.29, 0.717) is 10.4 Å². The number of benzene rings is 1. The van der Waals surface area contributed by atoms with Gasteiger partial charge in [0.25, 0.3) is 11.6 Å². The molecule has 0 aliphatic heterocycles. The third-order valence-electron chi connectivity index (χ3n) is 2.85. The summed E-state index contributed by atoms with van der Waals surface area (Å²) in [6, 6.07) is 5.79. The molecule has 1 aromatic heterocycles. The first kappa shape index (κ1) is 16.4. The molecular weight excluding hydrogens is 324 g/mol. The lowest BCUT2D eigenvalue weighted by Gasteiger charge is -2.03. The van der Waals surface area contributed by atoms with Crippen molar-refractivity contribution >= 4 is 39.8 Å². The monoisotopic (exact) mass is 338 g/mol. The van der Waals surface area contributed by atoms with E-state index >= 15 is 0 Å². The van der Waals surface area contributed by atoms with Crippen molar-refractivity contribution in [2.75, 3.05) is 5.32 Å². The summed E-state index contributed by atoms with van der Waals surface area (Å²) in [5, 5.41) is 22.1. The largest absolute Gasteiger partial charge is 0.296 e. The standard InChI is InChI=1S/C13H14N4O3S2/c1-3-8(2)21-13-16-15-12(22-13)14-11(18)9-6-4-5-7-10(9)17(19)20/h4-8H,3H2,1-2H3,(H,14,15,18). The summed E-state index contributed by atoms with van der Waals surface area (Å²) in [6.07, 6.45) is 1.00. The molecule has 0 aliphatic carbocycles. The van der Waals surface area contributed by atoms with Crippen LogP contribution in [0.3, 0.4) is 0 Å². The summed E-state index contributed by atoms with van der Waals surface area (Å²) in [7, 11) is 0. The van der Waals surface area contributed by atoms with Gasteiger partial charge >= 0.3 is 0 Å². The zero-order valence-electron chi connectivity index (χ0n) is 12.0. The minimum Gasteiger partial charge on any atom is -0.296 e. The molecule has 0 radical (unpaired) electrons. The molecule has 1 atom stereocenters. The number of nitro groups is 1. The second-order valence-corrected chi connectivity index (χ2v) is 7.10. The quantitative estimate of drug-likeness (QED) is 0.374. The molecule has 22 heavy (non-hydrogen) atoms. The van der Waals surface area contributed by atoms with Crippen molar-refractivity contribution in [2.24, 2.45) is 0 Å². The lowest BCUT2D eigenvalue weighted by atomic mass is 10.1. The van der Waals surface area contributed by atoms with Crippen LogP contribution in [-0.2, 0) is 0 Å². The van der Waals surface area contributed by atoms with E-state index in [2.05, 4.69) is 29.4 Å². The number of nitro benzene ring substituents is 1. The molecule has 1 heterocycles. The van der Waals surface area contributed by atoms with Gasteiger partial charge in [0.1, 0.15) is 5.56 Å². The van der Waals surface area contributed by atoms with Crippen LogP contribution in [0.2, 0.25) is 0 Å². The van der Waals surface area contributed by atoms with E-state index in [1.54, 1.807) is 17.8 Å². The van der Waals surface area contributed by atoms with Crippen LogP contribution in [0.5, 0.6) is 0 Å². The van der Waals surface area contributed by atoms with Gasteiger partial charge in [-0.25, -0.2) is 0 Å². The van der Waals surface area contributed by atoms with Crippen molar-refractivity contribution in [3.63, 3.8) is 0 Å². The van der Waals surface area contributed by atoms with Crippen molar-refractivity contribution in [1.29, 1.82) is 0 Å². The minimum absolute atomic E-state index is 0.00108. The van der Waals surface area contributed by atoms with Gasteiger partial charge in [0.15, 0.2) is 4.34 Å².